The Bertz CT molecular complexity index is 1520. The maximum absolute atomic E-state index is 6.30. The van der Waals surface area contributed by atoms with E-state index in [0.29, 0.717) is 0 Å². The Morgan fingerprint density at radius 2 is 0.183 bits per heavy atom. The highest BCUT2D eigenvalue weighted by atomic mass is 32.2. The topological polar surface area (TPSA) is 83.1 Å². The van der Waals surface area contributed by atoms with E-state index in [1.54, 1.807) is 0 Å². The summed E-state index contributed by atoms with van der Waals surface area (Å²) in [5.41, 5.74) is 0. The van der Waals surface area contributed by atoms with Gasteiger partial charge < -0.3 is 0 Å². The molecule has 0 aromatic carbocycles. The van der Waals surface area contributed by atoms with Crippen LogP contribution in [0.15, 0.2) is 0 Å². The van der Waals surface area contributed by atoms with Gasteiger partial charge in [-0.3, -0.25) is 0 Å². The van der Waals surface area contributed by atoms with E-state index >= 15 is 0 Å². The molecule has 0 aromatic rings. The van der Waals surface area contributed by atoms with Gasteiger partial charge in [-0.1, -0.05) is 516 Å². The zero-order valence-electron chi connectivity index (χ0n) is 76.6. The lowest BCUT2D eigenvalue weighted by Crippen LogP contribution is -1.92. The molecule has 0 atom stereocenters. The van der Waals surface area contributed by atoms with Crippen molar-refractivity contribution in [3.63, 3.8) is 0 Å². The highest BCUT2D eigenvalue weighted by Gasteiger charge is 2.20. The molecule has 0 amide bonds. The standard InChI is InChI=1S/C94H193O9P3S9/c1-6-11-16-21-26-31-36-41-46-51-56-61-66-71-76-81-86-107-95-104(96-108-87-82-77-72-67-62-57-52-47-42-37-32-27-22-17-12-7-2)100-112-91-93-114-102-106(99-111-90-85-80-75-70-65-60-55-50-45-40-35-30-25-20-15-10-5)103-115-94-92-113-101-105(97-109-88-83-78-73-68-63-58-53-48-43-38-33-28-23-18-13-8-3)98-110-89-84-79-74-69-64-59-54-49-44-39-34-29-24-19-14-9-4/h6-94H2,1-5H3. The lowest BCUT2D eigenvalue weighted by molar-refractivity contribution is 0.464. The van der Waals surface area contributed by atoms with Crippen molar-refractivity contribution in [2.75, 3.05) is 51.8 Å². The Kier molecular flexibility index (Phi) is 116. The average Bonchev–Trinajstić information content (AvgIpc) is 1.01. The Morgan fingerprint density at radius 1 is 0.104 bits per heavy atom. The summed E-state index contributed by atoms with van der Waals surface area (Å²) in [6.45, 7) is 11.5. The summed E-state index contributed by atoms with van der Waals surface area (Å²) in [5.74, 6) is 7.69. The summed E-state index contributed by atoms with van der Waals surface area (Å²) in [6, 6.07) is 0. The molecule has 692 valence electrons. The number of hydrogen-bond donors (Lipinski definition) is 0. The lowest BCUT2D eigenvalue weighted by atomic mass is 10.0. The second-order valence-corrected chi connectivity index (χ2v) is 45.8. The highest BCUT2D eigenvalue weighted by Crippen LogP contribution is 2.54. The quantitative estimate of drug-likeness (QED) is 0.0329. The van der Waals surface area contributed by atoms with Crippen molar-refractivity contribution < 1.29 is 35.7 Å². The SMILES string of the molecule is CCCCCCCCCCCCCCCCCCSOP(OSCCCCCCCCCCCCCCCCCC)OSCCSOP(OSCCCCCCCCCCCCCCCCCC)OSCCSOP(OSCCCCCCCCCCCCCCCCCC)OSCCCCCCCCCCCCCCCCCC. The minimum atomic E-state index is -1.58. The van der Waals surface area contributed by atoms with Gasteiger partial charge in [-0.15, -0.1) is 0 Å². The summed E-state index contributed by atoms with van der Waals surface area (Å²) in [5, 5.41) is 0. The van der Waals surface area contributed by atoms with Crippen molar-refractivity contribution in [3.8, 4) is 0 Å². The minimum absolute atomic E-state index is 0.717. The first kappa shape index (κ1) is 119. The molecule has 115 heavy (non-hydrogen) atoms. The molecule has 0 aliphatic carbocycles. The van der Waals surface area contributed by atoms with Crippen LogP contribution in [-0.2, 0) is 35.7 Å². The maximum atomic E-state index is 6.30. The van der Waals surface area contributed by atoms with Gasteiger partial charge in [0, 0.05) is 160 Å². The van der Waals surface area contributed by atoms with Gasteiger partial charge >= 0.3 is 25.8 Å². The van der Waals surface area contributed by atoms with Crippen LogP contribution >= 0.6 is 134 Å². The van der Waals surface area contributed by atoms with Crippen LogP contribution in [0.2, 0.25) is 0 Å². The van der Waals surface area contributed by atoms with Gasteiger partial charge in [-0.25, -0.2) is 35.7 Å². The number of hydrogen-bond acceptors (Lipinski definition) is 18. The van der Waals surface area contributed by atoms with E-state index < -0.39 is 25.8 Å². The van der Waals surface area contributed by atoms with E-state index in [9.17, 15) is 0 Å². The molecule has 0 aliphatic rings. The fourth-order valence-corrected chi connectivity index (χ4v) is 25.9. The first-order valence-corrected chi connectivity index (χ1v) is 61.8. The van der Waals surface area contributed by atoms with Crippen LogP contribution in [0.5, 0.6) is 0 Å². The lowest BCUT2D eigenvalue weighted by Gasteiger charge is -2.15. The molecule has 0 radical (unpaired) electrons. The van der Waals surface area contributed by atoms with Gasteiger partial charge in [0.1, 0.15) is 0 Å². The second-order valence-electron chi connectivity index (χ2n) is 33.3. The molecule has 0 unspecified atom stereocenters. The molecule has 0 spiro atoms. The third kappa shape index (κ3) is 107. The number of rotatable bonds is 109. The van der Waals surface area contributed by atoms with Gasteiger partial charge in [0.25, 0.3) is 0 Å². The highest BCUT2D eigenvalue weighted by molar-refractivity contribution is 8.06. The molecule has 9 nitrogen and oxygen atoms in total. The van der Waals surface area contributed by atoms with Crippen molar-refractivity contribution in [3.05, 3.63) is 0 Å². The predicted octanol–water partition coefficient (Wildman–Crippen LogP) is 42.0. The molecule has 0 saturated heterocycles. The van der Waals surface area contributed by atoms with Crippen molar-refractivity contribution in [2.45, 2.75) is 548 Å². The molecule has 21 heteroatoms. The Balaban J connectivity index is 5.33. The third-order valence-electron chi connectivity index (χ3n) is 21.9. The molecular weight excluding hydrogens is 1650 g/mol. The van der Waals surface area contributed by atoms with E-state index in [2.05, 4.69) is 34.6 Å². The van der Waals surface area contributed by atoms with Crippen molar-refractivity contribution in [1.29, 1.82) is 0 Å². The van der Waals surface area contributed by atoms with Gasteiger partial charge in [-0.05, 0) is 32.1 Å². The van der Waals surface area contributed by atoms with Crippen LogP contribution < -0.4 is 0 Å². The zero-order chi connectivity index (χ0) is 82.4. The van der Waals surface area contributed by atoms with E-state index in [1.807, 2.05) is 0 Å². The molecule has 0 heterocycles. The maximum Gasteiger partial charge on any atom is 0.369 e. The molecule has 0 rings (SSSR count). The number of unbranched alkanes of at least 4 members (excludes halogenated alkanes) is 75. The summed E-state index contributed by atoms with van der Waals surface area (Å²) in [4.78, 5) is 0. The van der Waals surface area contributed by atoms with Gasteiger partial charge in [-0.2, -0.15) is 0 Å². The Morgan fingerprint density at radius 3 is 0.278 bits per heavy atom. The fraction of sp³-hybridized carbons (Fsp3) is 1.00. The van der Waals surface area contributed by atoms with Crippen LogP contribution in [0.4, 0.5) is 0 Å². The Labute approximate surface area is 763 Å². The monoisotopic (exact) mass is 1850 g/mol. The minimum Gasteiger partial charge on any atom is -0.239 e. The van der Waals surface area contributed by atoms with Gasteiger partial charge in [0.05, 0.1) is 0 Å². The van der Waals surface area contributed by atoms with Crippen molar-refractivity contribution in [2.24, 2.45) is 0 Å². The van der Waals surface area contributed by atoms with Crippen LogP contribution in [0, 0.1) is 0 Å². The van der Waals surface area contributed by atoms with E-state index in [0.717, 1.165) is 83.9 Å². The molecule has 0 bridgehead atoms. The van der Waals surface area contributed by atoms with E-state index in [4.69, 9.17) is 35.7 Å². The third-order valence-corrected chi connectivity index (χ3v) is 34.4. The van der Waals surface area contributed by atoms with Crippen LogP contribution in [-0.4, -0.2) is 51.8 Å². The van der Waals surface area contributed by atoms with Gasteiger partial charge in [0.15, 0.2) is 0 Å². The largest absolute Gasteiger partial charge is 0.369 e. The molecule has 0 saturated carbocycles. The molecule has 0 N–H and O–H groups in total. The first-order valence-electron chi connectivity index (χ1n) is 50.3. The van der Waals surface area contributed by atoms with Crippen LogP contribution in [0.25, 0.3) is 0 Å². The van der Waals surface area contributed by atoms with Crippen molar-refractivity contribution in [1.82, 2.24) is 0 Å². The summed E-state index contributed by atoms with van der Waals surface area (Å²) in [6.07, 6.45) is 110. The fourth-order valence-electron chi connectivity index (χ4n) is 14.5. The van der Waals surface area contributed by atoms with Gasteiger partial charge in [0.2, 0.25) is 0 Å². The predicted molar refractivity (Wildman–Crippen MR) is 540 cm³/mol. The molecule has 0 aliphatic heterocycles. The second kappa shape index (κ2) is 112. The van der Waals surface area contributed by atoms with Crippen molar-refractivity contribution >= 4 is 134 Å². The molecule has 0 aromatic heterocycles. The smallest absolute Gasteiger partial charge is 0.239 e. The van der Waals surface area contributed by atoms with E-state index in [1.165, 1.54) is 590 Å². The molecule has 0 fully saturated rings. The Hall–Kier alpha value is 4.08. The summed E-state index contributed by atoms with van der Waals surface area (Å²) in [7, 11) is -4.57. The summed E-state index contributed by atoms with van der Waals surface area (Å²) >= 11 is 13.3. The normalized spacial score (nSPS) is 12.0. The first-order chi connectivity index (χ1) is 57.2. The van der Waals surface area contributed by atoms with E-state index in [-0.39, 0.29) is 0 Å². The zero-order valence-corrected chi connectivity index (χ0v) is 86.7. The average molecular weight is 1850 g/mol. The molecular formula is C94H193O9P3S9. The van der Waals surface area contributed by atoms with Crippen LogP contribution in [0.3, 0.4) is 0 Å². The summed E-state index contributed by atoms with van der Waals surface area (Å²) < 4.78 is 56.5. The van der Waals surface area contributed by atoms with Crippen LogP contribution in [0.1, 0.15) is 548 Å².